The first kappa shape index (κ1) is 80.7. The van der Waals surface area contributed by atoms with Crippen molar-refractivity contribution >= 4 is 11.8 Å². The fourth-order valence-electron chi connectivity index (χ4n) is 11.5. The van der Waals surface area contributed by atoms with Gasteiger partial charge in [-0.3, -0.25) is 0 Å². The molecule has 4 saturated heterocycles. The Labute approximate surface area is 531 Å². The molecule has 8 unspecified atom stereocenters. The molecule has 20 atom stereocenters. The van der Waals surface area contributed by atoms with Gasteiger partial charge in [-0.25, -0.2) is 0 Å². The number of aliphatic hydroxyl groups is 16. The molecule has 0 aromatic carbocycles. The van der Waals surface area contributed by atoms with Crippen molar-refractivity contribution in [2.75, 3.05) is 90.8 Å². The Kier molecular flexibility index (Phi) is 40.8. The Morgan fingerprint density at radius 3 is 0.708 bits per heavy atom. The molecule has 0 amide bonds. The average molecular weight is 1310 g/mol. The molecule has 0 aromatic rings. The van der Waals surface area contributed by atoms with Crippen molar-refractivity contribution in [3.8, 4) is 0 Å². The van der Waals surface area contributed by atoms with Crippen molar-refractivity contribution in [3.63, 3.8) is 0 Å². The zero-order valence-electron chi connectivity index (χ0n) is 53.1. The van der Waals surface area contributed by atoms with E-state index in [0.717, 1.165) is 64.2 Å². The number of unbranched alkanes of at least 4 members (excludes halogenated alkanes) is 22. The molecule has 4 aliphatic heterocycles. The minimum atomic E-state index is -1.83. The van der Waals surface area contributed by atoms with Crippen molar-refractivity contribution in [3.05, 3.63) is 0 Å². The fourth-order valence-corrected chi connectivity index (χ4v) is 13.0. The van der Waals surface area contributed by atoms with Gasteiger partial charge in [0, 0.05) is 35.5 Å². The number of hydrogen-bond acceptors (Lipinski definition) is 27. The molecule has 0 bridgehead atoms. The highest BCUT2D eigenvalue weighted by molar-refractivity contribution is 7.99. The normalized spacial score (nSPS) is 34.2. The quantitative estimate of drug-likeness (QED) is 0.0366. The second-order valence-electron chi connectivity index (χ2n) is 25.4. The van der Waals surface area contributed by atoms with E-state index in [-0.39, 0.29) is 37.9 Å². The van der Waals surface area contributed by atoms with E-state index in [4.69, 9.17) is 47.4 Å². The van der Waals surface area contributed by atoms with Crippen LogP contribution in [0.2, 0.25) is 0 Å². The molecular formula is C62H118O26S. The van der Waals surface area contributed by atoms with Gasteiger partial charge < -0.3 is 129 Å². The van der Waals surface area contributed by atoms with Gasteiger partial charge in [0.1, 0.15) is 97.7 Å². The molecular weight excluding hydrogens is 1190 g/mol. The van der Waals surface area contributed by atoms with Crippen molar-refractivity contribution in [1.82, 2.24) is 0 Å². The lowest BCUT2D eigenvalue weighted by atomic mass is 9.92. The molecule has 0 aliphatic carbocycles. The van der Waals surface area contributed by atoms with Crippen molar-refractivity contribution in [1.29, 1.82) is 0 Å². The van der Waals surface area contributed by atoms with Crippen molar-refractivity contribution in [2.45, 2.75) is 291 Å². The van der Waals surface area contributed by atoms with Gasteiger partial charge in [-0.1, -0.05) is 155 Å². The highest BCUT2D eigenvalue weighted by atomic mass is 32.2. The second-order valence-corrected chi connectivity index (χ2v) is 26.4. The standard InChI is InChI=1S/C62H118O26S/c1-3-5-7-9-11-13-15-17-19-21-23-25-27-79-33-61(35-81-57-53(75)49(71)45(67)41(29-63)85-57,36-82-58-54(76)50(72)46(68)42(30-64)86-58)39-89-40-62(37-83-59-55(77)51(73)47(69)43(31-65)87-59,38-84-60-56(78)52(74)48(70)44(32-66)88-60)34-80-28-26-24-22-20-18-16-14-12-10-8-6-4-2/h41-60,63-78H,3-40H2,1-2H3/t41?,42?,43?,44?,45-,46-,47-,48-,49+,50+,51+,52+,53?,54?,55?,56?,57-,58-,59-,60-,61?,62?/m1/s1. The van der Waals surface area contributed by atoms with E-state index < -0.39 is 187 Å². The van der Waals surface area contributed by atoms with Gasteiger partial charge in [-0.05, 0) is 12.8 Å². The largest absolute Gasteiger partial charge is 0.394 e. The Morgan fingerprint density at radius 2 is 0.494 bits per heavy atom. The molecule has 4 heterocycles. The highest BCUT2D eigenvalue weighted by Gasteiger charge is 2.50. The summed E-state index contributed by atoms with van der Waals surface area (Å²) in [7, 11) is 0. The Bertz CT molecular complexity index is 1550. The first-order valence-electron chi connectivity index (χ1n) is 33.3. The molecule has 0 aromatic heterocycles. The molecule has 0 radical (unpaired) electrons. The maximum atomic E-state index is 11.2. The Hall–Kier alpha value is -0.690. The van der Waals surface area contributed by atoms with Crippen LogP contribution in [0.4, 0.5) is 0 Å². The Balaban J connectivity index is 1.68. The number of thioether (sulfide) groups is 1. The van der Waals surface area contributed by atoms with Crippen LogP contribution in [0.15, 0.2) is 0 Å². The average Bonchev–Trinajstić information content (AvgIpc) is 3.67. The first-order chi connectivity index (χ1) is 42.9. The lowest BCUT2D eigenvalue weighted by molar-refractivity contribution is -0.319. The predicted octanol–water partition coefficient (Wildman–Crippen LogP) is 0.394. The van der Waals surface area contributed by atoms with Gasteiger partial charge in [0.15, 0.2) is 25.2 Å². The molecule has 4 aliphatic rings. The molecule has 16 N–H and O–H groups in total. The van der Waals surface area contributed by atoms with Crippen LogP contribution < -0.4 is 0 Å². The lowest BCUT2D eigenvalue weighted by Gasteiger charge is -2.44. The maximum Gasteiger partial charge on any atom is 0.186 e. The van der Waals surface area contributed by atoms with Crippen LogP contribution in [0, 0.1) is 10.8 Å². The van der Waals surface area contributed by atoms with Gasteiger partial charge in [0.2, 0.25) is 0 Å². The minimum absolute atomic E-state index is 0.0547. The summed E-state index contributed by atoms with van der Waals surface area (Å²) >= 11 is 1.20. The second kappa shape index (κ2) is 44.9. The third kappa shape index (κ3) is 27.0. The van der Waals surface area contributed by atoms with Crippen molar-refractivity contribution < 1.29 is 129 Å². The zero-order chi connectivity index (χ0) is 65.2. The molecule has 528 valence electrons. The van der Waals surface area contributed by atoms with Gasteiger partial charge in [-0.15, -0.1) is 0 Å². The van der Waals surface area contributed by atoms with Crippen molar-refractivity contribution in [2.24, 2.45) is 10.8 Å². The zero-order valence-corrected chi connectivity index (χ0v) is 53.9. The van der Waals surface area contributed by atoms with E-state index in [1.54, 1.807) is 0 Å². The van der Waals surface area contributed by atoms with Crippen LogP contribution in [0.3, 0.4) is 0 Å². The number of rotatable bonds is 50. The number of aliphatic hydroxyl groups excluding tert-OH is 16. The molecule has 4 fully saturated rings. The summed E-state index contributed by atoms with van der Waals surface area (Å²) in [6.07, 6.45) is -6.98. The molecule has 89 heavy (non-hydrogen) atoms. The summed E-state index contributed by atoms with van der Waals surface area (Å²) in [5.74, 6) is -0.109. The van der Waals surface area contributed by atoms with Gasteiger partial charge in [0.25, 0.3) is 0 Å². The van der Waals surface area contributed by atoms with E-state index in [1.165, 1.54) is 88.8 Å². The van der Waals surface area contributed by atoms with Crippen LogP contribution >= 0.6 is 11.8 Å². The summed E-state index contributed by atoms with van der Waals surface area (Å²) in [4.78, 5) is 0. The summed E-state index contributed by atoms with van der Waals surface area (Å²) in [5, 5.41) is 171. The third-order valence-electron chi connectivity index (χ3n) is 17.5. The Morgan fingerprint density at radius 1 is 0.281 bits per heavy atom. The monoisotopic (exact) mass is 1310 g/mol. The summed E-state index contributed by atoms with van der Waals surface area (Å²) in [6, 6.07) is 0. The summed E-state index contributed by atoms with van der Waals surface area (Å²) in [5.41, 5.74) is -2.84. The molecule has 0 spiro atoms. The fraction of sp³-hybridized carbons (Fsp3) is 1.00. The highest BCUT2D eigenvalue weighted by Crippen LogP contribution is 2.37. The van der Waals surface area contributed by atoms with Gasteiger partial charge in [-0.2, -0.15) is 11.8 Å². The molecule has 0 saturated carbocycles. The van der Waals surface area contributed by atoms with Gasteiger partial charge in [0.05, 0.1) is 66.1 Å². The molecule has 4 rings (SSSR count). The van der Waals surface area contributed by atoms with E-state index in [0.29, 0.717) is 12.8 Å². The first-order valence-corrected chi connectivity index (χ1v) is 34.4. The van der Waals surface area contributed by atoms with E-state index in [2.05, 4.69) is 13.8 Å². The van der Waals surface area contributed by atoms with Crippen LogP contribution in [0.5, 0.6) is 0 Å². The minimum Gasteiger partial charge on any atom is -0.394 e. The molecule has 26 nitrogen and oxygen atoms in total. The number of ether oxygens (including phenoxy) is 10. The van der Waals surface area contributed by atoms with E-state index in [1.807, 2.05) is 0 Å². The summed E-state index contributed by atoms with van der Waals surface area (Å²) in [6.45, 7) is -0.247. The summed E-state index contributed by atoms with van der Waals surface area (Å²) < 4.78 is 61.0. The topological polar surface area (TPSA) is 416 Å². The molecule has 27 heteroatoms. The van der Waals surface area contributed by atoms with E-state index >= 15 is 0 Å². The van der Waals surface area contributed by atoms with Crippen LogP contribution in [-0.4, -0.2) is 295 Å². The SMILES string of the molecule is CCCCCCCCCCCCCCOCC(CO[C@@H]1OC(CO)[C@@H](O)[C@H](O)C1O)(CO[C@@H]1OC(CO)[C@@H](O)[C@H](O)C1O)CSCC(COCCCCCCCCCCCCCC)(CO[C@@H]1OC(CO)[C@@H](O)[C@H](O)C1O)CO[C@@H]1OC(CO)[C@@H](O)[C@H](O)C1O. The smallest absolute Gasteiger partial charge is 0.186 e. The lowest BCUT2D eigenvalue weighted by Crippen LogP contribution is -2.60. The third-order valence-corrected chi connectivity index (χ3v) is 19.2. The maximum absolute atomic E-state index is 11.2. The van der Waals surface area contributed by atoms with Crippen LogP contribution in [0.1, 0.15) is 168 Å². The van der Waals surface area contributed by atoms with Crippen LogP contribution in [-0.2, 0) is 47.4 Å². The van der Waals surface area contributed by atoms with Gasteiger partial charge >= 0.3 is 0 Å². The predicted molar refractivity (Wildman–Crippen MR) is 325 cm³/mol. The van der Waals surface area contributed by atoms with E-state index in [9.17, 15) is 81.7 Å². The van der Waals surface area contributed by atoms with Crippen LogP contribution in [0.25, 0.3) is 0 Å². The number of hydrogen-bond donors (Lipinski definition) is 16.